The largest absolute Gasteiger partial charge is 0.380 e. The van der Waals surface area contributed by atoms with Gasteiger partial charge < -0.3 is 15.5 Å². The van der Waals surface area contributed by atoms with Crippen molar-refractivity contribution in [2.24, 2.45) is 11.1 Å². The lowest BCUT2D eigenvalue weighted by Gasteiger charge is -2.47. The van der Waals surface area contributed by atoms with Gasteiger partial charge in [0.1, 0.15) is 11.5 Å². The van der Waals surface area contributed by atoms with Crippen LogP contribution in [0, 0.1) is 18.2 Å². The number of nitrogens with one attached hydrogen (secondary N) is 1. The molecule has 3 heterocycles. The van der Waals surface area contributed by atoms with Crippen LogP contribution in [0.3, 0.4) is 0 Å². The maximum atomic E-state index is 12.5. The van der Waals surface area contributed by atoms with Gasteiger partial charge in [0.2, 0.25) is 0 Å². The van der Waals surface area contributed by atoms with E-state index in [1.54, 1.807) is 18.2 Å². The second kappa shape index (κ2) is 8.59. The Morgan fingerprint density at radius 2 is 2.10 bits per heavy atom. The summed E-state index contributed by atoms with van der Waals surface area (Å²) in [6.45, 7) is 3.52. The van der Waals surface area contributed by atoms with Crippen molar-refractivity contribution in [2.75, 3.05) is 13.2 Å². The second-order valence-corrected chi connectivity index (χ2v) is 8.62. The summed E-state index contributed by atoms with van der Waals surface area (Å²) in [6, 6.07) is 9.83. The molecule has 6 nitrogen and oxygen atoms in total. The van der Waals surface area contributed by atoms with Gasteiger partial charge in [0.15, 0.2) is 5.43 Å². The van der Waals surface area contributed by atoms with Gasteiger partial charge in [-0.1, -0.05) is 18.6 Å². The zero-order valence-corrected chi connectivity index (χ0v) is 17.5. The third kappa shape index (κ3) is 4.51. The number of amides is 1. The van der Waals surface area contributed by atoms with E-state index < -0.39 is 5.91 Å². The number of benzene rings is 1. The Labute approximate surface area is 179 Å². The molecule has 0 bridgehead atoms. The average Bonchev–Trinajstić information content (AvgIpc) is 2.72. The quantitative estimate of drug-likeness (QED) is 0.654. The fourth-order valence-electron chi connectivity index (χ4n) is 4.60. The molecular weight excluding hydrogens is 397 g/mol. The summed E-state index contributed by atoms with van der Waals surface area (Å²) in [5.41, 5.74) is 7.98. The van der Waals surface area contributed by atoms with Crippen LogP contribution in [0.25, 0.3) is 10.9 Å². The number of fused-ring (bicyclic) bond motifs is 1. The highest BCUT2D eigenvalue weighted by Gasteiger charge is 2.43. The van der Waals surface area contributed by atoms with E-state index in [4.69, 9.17) is 10.5 Å². The van der Waals surface area contributed by atoms with Gasteiger partial charge in [-0.3, -0.25) is 14.6 Å². The zero-order valence-electron chi connectivity index (χ0n) is 17.5. The first-order valence-corrected chi connectivity index (χ1v) is 10.5. The maximum Gasteiger partial charge on any atom is 0.268 e. The highest BCUT2D eigenvalue weighted by Crippen LogP contribution is 2.47. The van der Waals surface area contributed by atoms with E-state index in [0.29, 0.717) is 16.8 Å². The minimum absolute atomic E-state index is 0.0304. The molecule has 1 saturated carbocycles. The SMILES string of the molecule is Cc1cccc(F)c1.NC(=O)c1nccc2[nH]c([C@H]3CCCC4(COC4)C3)cc(=O)c12. The third-order valence-electron chi connectivity index (χ3n) is 6.17. The molecule has 1 spiro atoms. The van der Waals surface area contributed by atoms with Crippen LogP contribution in [0.5, 0.6) is 0 Å². The Bertz CT molecular complexity index is 1150. The number of aryl methyl sites for hydroxylation is 1. The number of nitrogens with zero attached hydrogens (tertiary/aromatic N) is 1. The number of ether oxygens (including phenoxy) is 1. The molecule has 1 atom stereocenters. The van der Waals surface area contributed by atoms with Gasteiger partial charge in [-0.2, -0.15) is 0 Å². The summed E-state index contributed by atoms with van der Waals surface area (Å²) in [7, 11) is 0. The lowest BCUT2D eigenvalue weighted by atomic mass is 9.67. The number of carbonyl (C=O) groups excluding carboxylic acids is 1. The van der Waals surface area contributed by atoms with Crippen LogP contribution in [-0.2, 0) is 4.74 Å². The standard InChI is InChI=1S/C17H19N3O3.C7H7F/c18-16(22)15-14-11(3-5-19-15)20-12(6-13(14)21)10-2-1-4-17(7-10)8-23-9-17;1-6-3-2-4-7(8)5-6/h3,5-6,10H,1-2,4,7-9H2,(H2,18,22)(H,20,21);2-5H,1H3/t10-;/m0./s1. The molecule has 1 aromatic carbocycles. The van der Waals surface area contributed by atoms with Gasteiger partial charge in [-0.15, -0.1) is 0 Å². The molecule has 0 radical (unpaired) electrons. The van der Waals surface area contributed by atoms with Gasteiger partial charge in [0, 0.05) is 23.4 Å². The predicted octanol–water partition coefficient (Wildman–Crippen LogP) is 3.83. The summed E-state index contributed by atoms with van der Waals surface area (Å²) in [5, 5.41) is 0.279. The minimum atomic E-state index is -0.683. The van der Waals surface area contributed by atoms with Crippen molar-refractivity contribution < 1.29 is 13.9 Å². The number of aromatic nitrogens is 2. The Morgan fingerprint density at radius 3 is 2.71 bits per heavy atom. The monoisotopic (exact) mass is 423 g/mol. The van der Waals surface area contributed by atoms with Crippen LogP contribution in [0.2, 0.25) is 0 Å². The van der Waals surface area contributed by atoms with E-state index in [2.05, 4.69) is 9.97 Å². The molecule has 2 fully saturated rings. The molecule has 3 N–H and O–H groups in total. The van der Waals surface area contributed by atoms with E-state index in [9.17, 15) is 14.0 Å². The summed E-state index contributed by atoms with van der Waals surface area (Å²) >= 11 is 0. The molecule has 1 amide bonds. The number of hydrogen-bond donors (Lipinski definition) is 2. The van der Waals surface area contributed by atoms with E-state index in [-0.39, 0.29) is 22.3 Å². The topological polar surface area (TPSA) is 98.1 Å². The molecule has 1 aliphatic carbocycles. The number of nitrogens with two attached hydrogens (primary N) is 1. The molecule has 0 unspecified atom stereocenters. The van der Waals surface area contributed by atoms with Gasteiger partial charge in [0.05, 0.1) is 24.1 Å². The number of aromatic amines is 1. The van der Waals surface area contributed by atoms with Crippen molar-refractivity contribution in [3.8, 4) is 0 Å². The number of rotatable bonds is 2. The predicted molar refractivity (Wildman–Crippen MR) is 116 cm³/mol. The molecule has 2 aliphatic rings. The molecule has 2 aromatic heterocycles. The van der Waals surface area contributed by atoms with Gasteiger partial charge >= 0.3 is 0 Å². The molecule has 7 heteroatoms. The third-order valence-corrected chi connectivity index (χ3v) is 6.17. The number of hydrogen-bond acceptors (Lipinski definition) is 4. The molecule has 162 valence electrons. The Kier molecular flexibility index (Phi) is 5.87. The number of pyridine rings is 2. The molecule has 5 rings (SSSR count). The van der Waals surface area contributed by atoms with Crippen LogP contribution in [0.15, 0.2) is 47.4 Å². The summed E-state index contributed by atoms with van der Waals surface area (Å²) in [5.74, 6) is -0.517. The highest BCUT2D eigenvalue weighted by molar-refractivity contribution is 6.03. The van der Waals surface area contributed by atoms with Crippen LogP contribution in [0.4, 0.5) is 4.39 Å². The average molecular weight is 423 g/mol. The summed E-state index contributed by atoms with van der Waals surface area (Å²) in [6.07, 6.45) is 5.97. The summed E-state index contributed by atoms with van der Waals surface area (Å²) < 4.78 is 17.6. The molecule has 31 heavy (non-hydrogen) atoms. The Balaban J connectivity index is 0.000000245. The van der Waals surface area contributed by atoms with Gasteiger partial charge in [-0.25, -0.2) is 4.39 Å². The van der Waals surface area contributed by atoms with Crippen molar-refractivity contribution >= 4 is 16.8 Å². The van der Waals surface area contributed by atoms with E-state index >= 15 is 0 Å². The lowest BCUT2D eigenvalue weighted by molar-refractivity contribution is -0.134. The van der Waals surface area contributed by atoms with Crippen LogP contribution in [-0.4, -0.2) is 29.1 Å². The number of primary amides is 1. The van der Waals surface area contributed by atoms with Crippen molar-refractivity contribution in [3.63, 3.8) is 0 Å². The van der Waals surface area contributed by atoms with E-state index in [1.165, 1.54) is 24.8 Å². The van der Waals surface area contributed by atoms with Crippen molar-refractivity contribution in [3.05, 3.63) is 75.6 Å². The van der Waals surface area contributed by atoms with E-state index in [1.807, 2.05) is 13.0 Å². The zero-order chi connectivity index (χ0) is 22.0. The fourth-order valence-corrected chi connectivity index (χ4v) is 4.60. The number of H-pyrrole nitrogens is 1. The van der Waals surface area contributed by atoms with Crippen LogP contribution in [0.1, 0.15) is 53.3 Å². The molecular formula is C24H26FN3O3. The van der Waals surface area contributed by atoms with E-state index in [0.717, 1.165) is 43.7 Å². The first-order valence-electron chi connectivity index (χ1n) is 10.5. The van der Waals surface area contributed by atoms with Crippen molar-refractivity contribution in [1.82, 2.24) is 9.97 Å². The molecule has 3 aromatic rings. The smallest absolute Gasteiger partial charge is 0.268 e. The first kappa shape index (κ1) is 21.2. The normalized spacial score (nSPS) is 19.4. The molecule has 1 aliphatic heterocycles. The Morgan fingerprint density at radius 1 is 1.29 bits per heavy atom. The van der Waals surface area contributed by atoms with Gasteiger partial charge in [-0.05, 0) is 55.9 Å². The van der Waals surface area contributed by atoms with Crippen LogP contribution >= 0.6 is 0 Å². The lowest BCUT2D eigenvalue weighted by Crippen LogP contribution is -2.45. The highest BCUT2D eigenvalue weighted by atomic mass is 19.1. The summed E-state index contributed by atoms with van der Waals surface area (Å²) in [4.78, 5) is 31.3. The minimum Gasteiger partial charge on any atom is -0.380 e. The molecule has 1 saturated heterocycles. The fraction of sp³-hybridized carbons (Fsp3) is 0.375. The Hall–Kier alpha value is -3.06. The van der Waals surface area contributed by atoms with Crippen molar-refractivity contribution in [2.45, 2.75) is 38.5 Å². The number of carbonyl (C=O) groups is 1. The maximum absolute atomic E-state index is 12.5. The van der Waals surface area contributed by atoms with Crippen molar-refractivity contribution in [1.29, 1.82) is 0 Å². The van der Waals surface area contributed by atoms with Crippen LogP contribution < -0.4 is 11.2 Å². The second-order valence-electron chi connectivity index (χ2n) is 8.62. The number of halogens is 1. The first-order chi connectivity index (χ1) is 14.9. The van der Waals surface area contributed by atoms with Gasteiger partial charge in [0.25, 0.3) is 5.91 Å².